The van der Waals surface area contributed by atoms with Crippen LogP contribution in [0.3, 0.4) is 0 Å². The molecule has 0 radical (unpaired) electrons. The predicted octanol–water partition coefficient (Wildman–Crippen LogP) is 1.45. The molecular weight excluding hydrogens is 190 g/mol. The molecular formula is C11H17N3O. The third-order valence-corrected chi connectivity index (χ3v) is 1.99. The van der Waals surface area contributed by atoms with Gasteiger partial charge < -0.3 is 16.4 Å². The summed E-state index contributed by atoms with van der Waals surface area (Å²) in [7, 11) is 1.61. The highest BCUT2D eigenvalue weighted by Gasteiger charge is 2.07. The van der Waals surface area contributed by atoms with E-state index in [1.807, 2.05) is 13.8 Å². The van der Waals surface area contributed by atoms with Crippen LogP contribution in [0.1, 0.15) is 24.2 Å². The normalized spacial score (nSPS) is 10.1. The summed E-state index contributed by atoms with van der Waals surface area (Å²) in [6, 6.07) is 5.48. The summed E-state index contributed by atoms with van der Waals surface area (Å²) in [4.78, 5) is 11.4. The van der Waals surface area contributed by atoms with Crippen molar-refractivity contribution in [3.05, 3.63) is 23.8 Å². The summed E-state index contributed by atoms with van der Waals surface area (Å²) in [5, 5.41) is 5.76. The van der Waals surface area contributed by atoms with Crippen molar-refractivity contribution in [2.45, 2.75) is 19.9 Å². The maximum Gasteiger partial charge on any atom is 0.251 e. The van der Waals surface area contributed by atoms with E-state index in [-0.39, 0.29) is 11.9 Å². The summed E-state index contributed by atoms with van der Waals surface area (Å²) in [5.74, 6) is -0.109. The highest BCUT2D eigenvalue weighted by molar-refractivity contribution is 5.96. The molecule has 0 fully saturated rings. The highest BCUT2D eigenvalue weighted by Crippen LogP contribution is 2.20. The van der Waals surface area contributed by atoms with Gasteiger partial charge in [-0.05, 0) is 32.0 Å². The maximum absolute atomic E-state index is 11.4. The molecule has 15 heavy (non-hydrogen) atoms. The average Bonchev–Trinajstić information content (AvgIpc) is 2.19. The van der Waals surface area contributed by atoms with Crippen molar-refractivity contribution in [2.24, 2.45) is 0 Å². The Hall–Kier alpha value is -1.71. The van der Waals surface area contributed by atoms with Gasteiger partial charge in [0.1, 0.15) is 0 Å². The number of carbonyl (C=O) groups is 1. The zero-order valence-corrected chi connectivity index (χ0v) is 9.29. The third kappa shape index (κ3) is 2.87. The van der Waals surface area contributed by atoms with Crippen LogP contribution in [-0.2, 0) is 0 Å². The monoisotopic (exact) mass is 207 g/mol. The Kier molecular flexibility index (Phi) is 3.55. The first-order valence-corrected chi connectivity index (χ1v) is 4.92. The summed E-state index contributed by atoms with van der Waals surface area (Å²) in [6.07, 6.45) is 0. The Balaban J connectivity index is 2.99. The number of nitrogens with two attached hydrogens (primary N) is 1. The molecule has 0 aliphatic carbocycles. The molecule has 4 N–H and O–H groups in total. The molecule has 1 aromatic rings. The van der Waals surface area contributed by atoms with E-state index in [0.717, 1.165) is 5.69 Å². The van der Waals surface area contributed by atoms with Crippen LogP contribution < -0.4 is 16.4 Å². The largest absolute Gasteiger partial charge is 0.397 e. The standard InChI is InChI=1S/C11H17N3O/c1-7(2)14-10-6-8(11(15)13-3)4-5-9(10)12/h4-7,14H,12H2,1-3H3,(H,13,15). The molecule has 0 aliphatic heterocycles. The Morgan fingerprint density at radius 3 is 2.60 bits per heavy atom. The molecule has 0 aliphatic rings. The molecule has 82 valence electrons. The van der Waals surface area contributed by atoms with Crippen LogP contribution >= 0.6 is 0 Å². The molecule has 0 unspecified atom stereocenters. The number of hydrogen-bond acceptors (Lipinski definition) is 3. The Morgan fingerprint density at radius 1 is 1.40 bits per heavy atom. The fourth-order valence-electron chi connectivity index (χ4n) is 1.28. The van der Waals surface area contributed by atoms with Gasteiger partial charge in [-0.25, -0.2) is 0 Å². The number of benzene rings is 1. The molecule has 4 heteroatoms. The van der Waals surface area contributed by atoms with E-state index >= 15 is 0 Å². The van der Waals surface area contributed by atoms with E-state index in [4.69, 9.17) is 5.73 Å². The van der Waals surface area contributed by atoms with Crippen molar-refractivity contribution >= 4 is 17.3 Å². The lowest BCUT2D eigenvalue weighted by molar-refractivity contribution is 0.0963. The summed E-state index contributed by atoms with van der Waals surface area (Å²) >= 11 is 0. The van der Waals surface area contributed by atoms with Gasteiger partial charge in [0, 0.05) is 18.7 Å². The van der Waals surface area contributed by atoms with Crippen LogP contribution in [0, 0.1) is 0 Å². The molecule has 1 rings (SSSR count). The van der Waals surface area contributed by atoms with Crippen molar-refractivity contribution in [3.8, 4) is 0 Å². The first-order valence-electron chi connectivity index (χ1n) is 4.92. The molecule has 0 atom stereocenters. The van der Waals surface area contributed by atoms with Crippen molar-refractivity contribution in [1.82, 2.24) is 5.32 Å². The predicted molar refractivity (Wildman–Crippen MR) is 63.0 cm³/mol. The minimum Gasteiger partial charge on any atom is -0.397 e. The maximum atomic E-state index is 11.4. The van der Waals surface area contributed by atoms with E-state index in [0.29, 0.717) is 11.3 Å². The number of amides is 1. The molecule has 0 aromatic heterocycles. The fourth-order valence-corrected chi connectivity index (χ4v) is 1.28. The summed E-state index contributed by atoms with van der Waals surface area (Å²) in [6.45, 7) is 4.04. The van der Waals surface area contributed by atoms with E-state index in [1.165, 1.54) is 0 Å². The van der Waals surface area contributed by atoms with Gasteiger partial charge in [-0.3, -0.25) is 4.79 Å². The van der Waals surface area contributed by atoms with Crippen molar-refractivity contribution in [2.75, 3.05) is 18.1 Å². The lowest BCUT2D eigenvalue weighted by Crippen LogP contribution is -2.19. The second-order valence-corrected chi connectivity index (χ2v) is 3.68. The smallest absolute Gasteiger partial charge is 0.251 e. The van der Waals surface area contributed by atoms with Gasteiger partial charge >= 0.3 is 0 Å². The molecule has 1 aromatic carbocycles. The quantitative estimate of drug-likeness (QED) is 0.657. The van der Waals surface area contributed by atoms with Crippen LogP contribution in [-0.4, -0.2) is 19.0 Å². The zero-order chi connectivity index (χ0) is 11.4. The topological polar surface area (TPSA) is 67.2 Å². The van der Waals surface area contributed by atoms with Gasteiger partial charge in [-0.2, -0.15) is 0 Å². The second kappa shape index (κ2) is 4.68. The average molecular weight is 207 g/mol. The van der Waals surface area contributed by atoms with Gasteiger partial charge in [0.05, 0.1) is 11.4 Å². The molecule has 0 heterocycles. The van der Waals surface area contributed by atoms with Gasteiger partial charge in [0.15, 0.2) is 0 Å². The Bertz CT molecular complexity index is 361. The minimum atomic E-state index is -0.109. The highest BCUT2D eigenvalue weighted by atomic mass is 16.1. The number of rotatable bonds is 3. The SMILES string of the molecule is CNC(=O)c1ccc(N)c(NC(C)C)c1. The number of nitrogen functional groups attached to an aromatic ring is 1. The van der Waals surface area contributed by atoms with Gasteiger partial charge in [0.25, 0.3) is 5.91 Å². The fraction of sp³-hybridized carbons (Fsp3) is 0.364. The zero-order valence-electron chi connectivity index (χ0n) is 9.29. The molecule has 0 spiro atoms. The van der Waals surface area contributed by atoms with Crippen molar-refractivity contribution in [3.63, 3.8) is 0 Å². The summed E-state index contributed by atoms with van der Waals surface area (Å²) in [5.41, 5.74) is 7.84. The number of anilines is 2. The van der Waals surface area contributed by atoms with E-state index in [2.05, 4.69) is 10.6 Å². The molecule has 0 bridgehead atoms. The van der Waals surface area contributed by atoms with E-state index < -0.39 is 0 Å². The van der Waals surface area contributed by atoms with Crippen LogP contribution in [0.2, 0.25) is 0 Å². The molecule has 1 amide bonds. The first kappa shape index (κ1) is 11.4. The van der Waals surface area contributed by atoms with Gasteiger partial charge in [0.2, 0.25) is 0 Å². The van der Waals surface area contributed by atoms with E-state index in [1.54, 1.807) is 25.2 Å². The molecule has 0 saturated carbocycles. The molecule has 4 nitrogen and oxygen atoms in total. The first-order chi connectivity index (χ1) is 7.04. The third-order valence-electron chi connectivity index (χ3n) is 1.99. The Morgan fingerprint density at radius 2 is 2.07 bits per heavy atom. The van der Waals surface area contributed by atoms with Crippen molar-refractivity contribution in [1.29, 1.82) is 0 Å². The van der Waals surface area contributed by atoms with Gasteiger partial charge in [-0.15, -0.1) is 0 Å². The van der Waals surface area contributed by atoms with Crippen LogP contribution in [0.5, 0.6) is 0 Å². The van der Waals surface area contributed by atoms with Crippen LogP contribution in [0.25, 0.3) is 0 Å². The Labute approximate surface area is 89.9 Å². The van der Waals surface area contributed by atoms with Gasteiger partial charge in [-0.1, -0.05) is 0 Å². The lowest BCUT2D eigenvalue weighted by Gasteiger charge is -2.13. The second-order valence-electron chi connectivity index (χ2n) is 3.68. The summed E-state index contributed by atoms with van der Waals surface area (Å²) < 4.78 is 0. The number of nitrogens with one attached hydrogen (secondary N) is 2. The van der Waals surface area contributed by atoms with Crippen LogP contribution in [0.15, 0.2) is 18.2 Å². The lowest BCUT2D eigenvalue weighted by atomic mass is 10.1. The minimum absolute atomic E-state index is 0.109. The van der Waals surface area contributed by atoms with E-state index in [9.17, 15) is 4.79 Å². The van der Waals surface area contributed by atoms with Crippen LogP contribution in [0.4, 0.5) is 11.4 Å². The molecule has 0 saturated heterocycles. The van der Waals surface area contributed by atoms with Crippen molar-refractivity contribution < 1.29 is 4.79 Å². The number of carbonyl (C=O) groups excluding carboxylic acids is 1. The number of hydrogen-bond donors (Lipinski definition) is 3.